The van der Waals surface area contributed by atoms with E-state index in [4.69, 9.17) is 5.73 Å². The molecule has 0 aliphatic carbocycles. The molecular formula is C12H12N4S. The standard InChI is InChI=1S/C12H12N4S/c1-8-4-9(11(13)14-6-8)5-10-7-16-2-3-17-12(16)15-10/h2-4,6-7H,5H2,1H3,(H2,13,14). The summed E-state index contributed by atoms with van der Waals surface area (Å²) in [6.07, 6.45) is 6.56. The van der Waals surface area contributed by atoms with Gasteiger partial charge in [-0.05, 0) is 12.5 Å². The van der Waals surface area contributed by atoms with Gasteiger partial charge in [0.05, 0.1) is 5.69 Å². The third-order valence-corrected chi connectivity index (χ3v) is 3.42. The van der Waals surface area contributed by atoms with Gasteiger partial charge in [-0.3, -0.25) is 4.40 Å². The molecule has 0 unspecified atom stereocenters. The Kier molecular flexibility index (Phi) is 2.33. The number of hydrogen-bond donors (Lipinski definition) is 1. The van der Waals surface area contributed by atoms with E-state index >= 15 is 0 Å². The SMILES string of the molecule is Cc1cnc(N)c(Cc2cn3ccsc3n2)c1. The molecule has 0 amide bonds. The van der Waals surface area contributed by atoms with E-state index in [1.54, 1.807) is 17.5 Å². The summed E-state index contributed by atoms with van der Waals surface area (Å²) in [5.74, 6) is 0.590. The minimum atomic E-state index is 0.590. The molecule has 86 valence electrons. The van der Waals surface area contributed by atoms with E-state index in [2.05, 4.69) is 16.0 Å². The van der Waals surface area contributed by atoms with Crippen LogP contribution in [0.5, 0.6) is 0 Å². The van der Waals surface area contributed by atoms with Crippen LogP contribution in [-0.2, 0) is 6.42 Å². The van der Waals surface area contributed by atoms with Gasteiger partial charge in [0.25, 0.3) is 0 Å². The van der Waals surface area contributed by atoms with Crippen molar-refractivity contribution in [2.24, 2.45) is 0 Å². The second kappa shape index (κ2) is 3.85. The second-order valence-corrected chi connectivity index (χ2v) is 4.93. The van der Waals surface area contributed by atoms with Crippen molar-refractivity contribution in [3.8, 4) is 0 Å². The second-order valence-electron chi connectivity index (χ2n) is 4.06. The Morgan fingerprint density at radius 2 is 2.35 bits per heavy atom. The molecule has 4 nitrogen and oxygen atoms in total. The summed E-state index contributed by atoms with van der Waals surface area (Å²) >= 11 is 1.63. The summed E-state index contributed by atoms with van der Waals surface area (Å²) in [6.45, 7) is 2.02. The molecule has 0 aromatic carbocycles. The fourth-order valence-electron chi connectivity index (χ4n) is 1.84. The molecule has 0 saturated heterocycles. The zero-order valence-corrected chi connectivity index (χ0v) is 10.2. The van der Waals surface area contributed by atoms with Crippen molar-refractivity contribution in [1.82, 2.24) is 14.4 Å². The van der Waals surface area contributed by atoms with E-state index in [-0.39, 0.29) is 0 Å². The van der Waals surface area contributed by atoms with Crippen LogP contribution in [0.2, 0.25) is 0 Å². The molecule has 2 N–H and O–H groups in total. The Bertz CT molecular complexity index is 640. The van der Waals surface area contributed by atoms with Gasteiger partial charge in [0.2, 0.25) is 0 Å². The molecule has 5 heteroatoms. The van der Waals surface area contributed by atoms with Crippen LogP contribution in [0.15, 0.2) is 30.0 Å². The first-order chi connectivity index (χ1) is 8.22. The van der Waals surface area contributed by atoms with Gasteiger partial charge >= 0.3 is 0 Å². The molecule has 17 heavy (non-hydrogen) atoms. The number of nitrogen functional groups attached to an aromatic ring is 1. The summed E-state index contributed by atoms with van der Waals surface area (Å²) in [5.41, 5.74) is 9.05. The predicted molar refractivity (Wildman–Crippen MR) is 69.3 cm³/mol. The third-order valence-electron chi connectivity index (χ3n) is 2.65. The van der Waals surface area contributed by atoms with E-state index in [0.29, 0.717) is 5.82 Å². The topological polar surface area (TPSA) is 56.2 Å². The number of hydrogen-bond acceptors (Lipinski definition) is 4. The van der Waals surface area contributed by atoms with E-state index in [0.717, 1.165) is 28.2 Å². The average molecular weight is 244 g/mol. The van der Waals surface area contributed by atoms with Crippen molar-refractivity contribution in [3.05, 3.63) is 46.9 Å². The number of pyridine rings is 1. The molecule has 3 heterocycles. The van der Waals surface area contributed by atoms with Crippen molar-refractivity contribution < 1.29 is 0 Å². The quantitative estimate of drug-likeness (QED) is 0.752. The lowest BCUT2D eigenvalue weighted by Crippen LogP contribution is -1.99. The van der Waals surface area contributed by atoms with Crippen molar-refractivity contribution >= 4 is 22.1 Å². The largest absolute Gasteiger partial charge is 0.383 e. The highest BCUT2D eigenvalue weighted by Crippen LogP contribution is 2.17. The maximum Gasteiger partial charge on any atom is 0.193 e. The predicted octanol–water partition coefficient (Wildman–Crippen LogP) is 2.27. The van der Waals surface area contributed by atoms with Crippen molar-refractivity contribution in [2.45, 2.75) is 13.3 Å². The zero-order valence-electron chi connectivity index (χ0n) is 9.42. The summed E-state index contributed by atoms with van der Waals surface area (Å²) in [5, 5.41) is 2.02. The van der Waals surface area contributed by atoms with Gasteiger partial charge in [-0.1, -0.05) is 6.07 Å². The van der Waals surface area contributed by atoms with E-state index in [1.165, 1.54) is 0 Å². The third kappa shape index (κ3) is 1.89. The Labute approximate surface area is 103 Å². The number of aryl methyl sites for hydroxylation is 1. The smallest absolute Gasteiger partial charge is 0.193 e. The minimum Gasteiger partial charge on any atom is -0.383 e. The lowest BCUT2D eigenvalue weighted by molar-refractivity contribution is 1.08. The van der Waals surface area contributed by atoms with Crippen LogP contribution in [0.4, 0.5) is 5.82 Å². The highest BCUT2D eigenvalue weighted by molar-refractivity contribution is 7.15. The molecule has 0 spiro atoms. The molecular weight excluding hydrogens is 232 g/mol. The highest BCUT2D eigenvalue weighted by atomic mass is 32.1. The van der Waals surface area contributed by atoms with Crippen LogP contribution in [-0.4, -0.2) is 14.4 Å². The number of nitrogens with zero attached hydrogens (tertiary/aromatic N) is 3. The lowest BCUT2D eigenvalue weighted by atomic mass is 10.1. The van der Waals surface area contributed by atoms with Crippen molar-refractivity contribution in [2.75, 3.05) is 5.73 Å². The van der Waals surface area contributed by atoms with Crippen LogP contribution in [0.3, 0.4) is 0 Å². The Balaban J connectivity index is 1.96. The summed E-state index contributed by atoms with van der Waals surface area (Å²) < 4.78 is 2.03. The van der Waals surface area contributed by atoms with Gasteiger partial charge in [0.15, 0.2) is 4.96 Å². The molecule has 3 aromatic rings. The molecule has 0 bridgehead atoms. The number of aromatic nitrogens is 3. The highest BCUT2D eigenvalue weighted by Gasteiger charge is 2.07. The van der Waals surface area contributed by atoms with Crippen LogP contribution < -0.4 is 5.73 Å². The molecule has 0 aliphatic heterocycles. The first-order valence-electron chi connectivity index (χ1n) is 5.34. The maximum atomic E-state index is 5.86. The van der Waals surface area contributed by atoms with Gasteiger partial charge in [-0.2, -0.15) is 0 Å². The lowest BCUT2D eigenvalue weighted by Gasteiger charge is -2.03. The number of rotatable bonds is 2. The van der Waals surface area contributed by atoms with Crippen LogP contribution in [0, 0.1) is 6.92 Å². The molecule has 0 atom stereocenters. The van der Waals surface area contributed by atoms with Gasteiger partial charge in [0, 0.05) is 36.0 Å². The number of thiazole rings is 1. The number of fused-ring (bicyclic) bond motifs is 1. The van der Waals surface area contributed by atoms with Gasteiger partial charge in [-0.25, -0.2) is 9.97 Å². The molecule has 0 fully saturated rings. The normalized spacial score (nSPS) is 11.1. The fraction of sp³-hybridized carbons (Fsp3) is 0.167. The number of anilines is 1. The Hall–Kier alpha value is -1.88. The molecule has 3 rings (SSSR count). The summed E-state index contributed by atoms with van der Waals surface area (Å²) in [6, 6.07) is 2.07. The van der Waals surface area contributed by atoms with E-state index in [9.17, 15) is 0 Å². The monoisotopic (exact) mass is 244 g/mol. The molecule has 0 saturated carbocycles. The Morgan fingerprint density at radius 1 is 1.47 bits per heavy atom. The number of imidazole rings is 1. The molecule has 0 aliphatic rings. The Morgan fingerprint density at radius 3 is 3.18 bits per heavy atom. The first kappa shape index (κ1) is 10.3. The average Bonchev–Trinajstić information content (AvgIpc) is 2.83. The fourth-order valence-corrected chi connectivity index (χ4v) is 2.56. The van der Waals surface area contributed by atoms with Crippen LogP contribution in [0.25, 0.3) is 4.96 Å². The van der Waals surface area contributed by atoms with Crippen molar-refractivity contribution in [1.29, 1.82) is 0 Å². The van der Waals surface area contributed by atoms with E-state index < -0.39 is 0 Å². The van der Waals surface area contributed by atoms with Crippen molar-refractivity contribution in [3.63, 3.8) is 0 Å². The number of nitrogens with two attached hydrogens (primary N) is 1. The molecule has 3 aromatic heterocycles. The molecule has 0 radical (unpaired) electrons. The van der Waals surface area contributed by atoms with Gasteiger partial charge in [-0.15, -0.1) is 11.3 Å². The first-order valence-corrected chi connectivity index (χ1v) is 6.22. The van der Waals surface area contributed by atoms with Gasteiger partial charge < -0.3 is 5.73 Å². The van der Waals surface area contributed by atoms with Crippen LogP contribution >= 0.6 is 11.3 Å². The summed E-state index contributed by atoms with van der Waals surface area (Å²) in [4.78, 5) is 9.71. The van der Waals surface area contributed by atoms with E-state index in [1.807, 2.05) is 29.1 Å². The maximum absolute atomic E-state index is 5.86. The van der Waals surface area contributed by atoms with Crippen LogP contribution in [0.1, 0.15) is 16.8 Å². The van der Waals surface area contributed by atoms with Gasteiger partial charge in [0.1, 0.15) is 5.82 Å². The zero-order chi connectivity index (χ0) is 11.8. The summed E-state index contributed by atoms with van der Waals surface area (Å²) in [7, 11) is 0. The minimum absolute atomic E-state index is 0.590.